The van der Waals surface area contributed by atoms with E-state index in [0.29, 0.717) is 51.9 Å². The Morgan fingerprint density at radius 2 is 1.89 bits per heavy atom. The number of Topliss-reactive ketones (excluding diaryl/α,β-unsaturated/α-hetero) is 1. The van der Waals surface area contributed by atoms with Crippen molar-refractivity contribution in [2.75, 3.05) is 5.32 Å². The number of hydrogen-bond donors (Lipinski definition) is 1. The van der Waals surface area contributed by atoms with Crippen molar-refractivity contribution in [3.63, 3.8) is 0 Å². The molecule has 7 rings (SSSR count). The molecule has 0 spiro atoms. The van der Waals surface area contributed by atoms with Gasteiger partial charge in [0.1, 0.15) is 24.1 Å². The van der Waals surface area contributed by atoms with Crippen LogP contribution >= 0.6 is 0 Å². The molecule has 1 N–H and O–H groups in total. The van der Waals surface area contributed by atoms with E-state index < -0.39 is 29.9 Å². The van der Waals surface area contributed by atoms with Crippen molar-refractivity contribution >= 4 is 40.0 Å². The Hall–Kier alpha value is -5.14. The Labute approximate surface area is 268 Å². The van der Waals surface area contributed by atoms with Crippen LogP contribution in [0.5, 0.6) is 0 Å². The highest BCUT2D eigenvalue weighted by molar-refractivity contribution is 6.08. The number of anilines is 1. The average Bonchev–Trinajstić information content (AvgIpc) is 3.26. The summed E-state index contributed by atoms with van der Waals surface area (Å²) in [7, 11) is 0. The number of alkyl halides is 3. The Balaban J connectivity index is 1.20. The van der Waals surface area contributed by atoms with Crippen molar-refractivity contribution in [2.24, 2.45) is 5.41 Å². The Kier molecular flexibility index (Phi) is 6.50. The van der Waals surface area contributed by atoms with Crippen molar-refractivity contribution < 1.29 is 28.9 Å². The SMILES string of the molecule is [2H]c1cc(C)c(NC(=O)[C@@H]2C[C@@]3(C)C[C@H]3N2C(=O)Cn2cc(C(C)=O)c3cc(-c4cnc5cc(C)nn5c4)nc(C)c32)nc1C(F)(F)F. The number of ketones is 1. The first-order valence-electron chi connectivity index (χ1n) is 15.6. The van der Waals surface area contributed by atoms with E-state index in [9.17, 15) is 27.6 Å². The minimum Gasteiger partial charge on any atom is -0.336 e. The van der Waals surface area contributed by atoms with Crippen LogP contribution in [0.3, 0.4) is 0 Å². The molecule has 0 aromatic carbocycles. The lowest BCUT2D eigenvalue weighted by Crippen LogP contribution is -2.46. The summed E-state index contributed by atoms with van der Waals surface area (Å²) < 4.78 is 51.4. The summed E-state index contributed by atoms with van der Waals surface area (Å²) in [6, 6.07) is 2.68. The van der Waals surface area contributed by atoms with Gasteiger partial charge in [-0.1, -0.05) is 13.0 Å². The van der Waals surface area contributed by atoms with Gasteiger partial charge in [-0.05, 0) is 63.6 Å². The first-order chi connectivity index (χ1) is 22.5. The molecule has 3 atom stereocenters. The number of amides is 2. The van der Waals surface area contributed by atoms with E-state index >= 15 is 0 Å². The van der Waals surface area contributed by atoms with Crippen LogP contribution in [0.4, 0.5) is 19.0 Å². The van der Waals surface area contributed by atoms with Crippen LogP contribution < -0.4 is 5.32 Å². The molecule has 1 saturated heterocycles. The average molecular weight is 646 g/mol. The highest BCUT2D eigenvalue weighted by Gasteiger charge is 2.64. The van der Waals surface area contributed by atoms with Crippen LogP contribution in [-0.2, 0) is 22.3 Å². The molecule has 242 valence electrons. The van der Waals surface area contributed by atoms with Crippen LogP contribution in [0.15, 0.2) is 42.8 Å². The molecule has 1 aliphatic carbocycles. The standard InChI is InChI=1S/C33H31F3N8O3/c1-16-6-7-25(33(34,35)36)39-30(16)40-31(47)24-10-32(5)11-26(32)44(24)28(46)15-42-14-22(19(4)45)21-9-23(38-18(3)29(21)42)20-12-37-27-8-17(2)41-43(27)13-20/h6-9,12-14,24,26H,10-11,15H2,1-5H3,(H,39,40,47)/t24-,26+,32-/m0/s1/i7D. The highest BCUT2D eigenvalue weighted by atomic mass is 19.4. The fourth-order valence-corrected chi connectivity index (χ4v) is 6.74. The minimum atomic E-state index is -4.87. The summed E-state index contributed by atoms with van der Waals surface area (Å²) in [4.78, 5) is 54.7. The second-order valence-corrected chi connectivity index (χ2v) is 12.8. The molecule has 47 heavy (non-hydrogen) atoms. The number of nitrogens with zero attached hydrogens (tertiary/aromatic N) is 7. The van der Waals surface area contributed by atoms with Crippen LogP contribution in [0.1, 0.15) is 61.1 Å². The molecule has 5 aromatic rings. The monoisotopic (exact) mass is 645 g/mol. The van der Waals surface area contributed by atoms with Crippen LogP contribution in [0, 0.1) is 26.2 Å². The Morgan fingerprint density at radius 1 is 1.13 bits per heavy atom. The minimum absolute atomic E-state index is 0.189. The number of piperidine rings is 1. The van der Waals surface area contributed by atoms with Crippen LogP contribution in [-0.4, -0.2) is 63.7 Å². The van der Waals surface area contributed by atoms with E-state index in [2.05, 4.69) is 20.4 Å². The summed E-state index contributed by atoms with van der Waals surface area (Å²) in [5.41, 5.74) is 2.83. The second kappa shape index (κ2) is 10.4. The van der Waals surface area contributed by atoms with Crippen LogP contribution in [0.2, 0.25) is 0 Å². The molecule has 5 aromatic heterocycles. The maximum absolute atomic E-state index is 14.0. The topological polar surface area (TPSA) is 127 Å². The summed E-state index contributed by atoms with van der Waals surface area (Å²) in [6.45, 7) is 8.34. The fourth-order valence-electron chi connectivity index (χ4n) is 6.74. The van der Waals surface area contributed by atoms with E-state index in [-0.39, 0.29) is 41.1 Å². The van der Waals surface area contributed by atoms with Crippen molar-refractivity contribution in [3.05, 3.63) is 71.0 Å². The molecule has 0 radical (unpaired) electrons. The lowest BCUT2D eigenvalue weighted by Gasteiger charge is -2.27. The van der Waals surface area contributed by atoms with Gasteiger partial charge in [0.2, 0.25) is 11.8 Å². The largest absolute Gasteiger partial charge is 0.433 e. The van der Waals surface area contributed by atoms with E-state index in [1.54, 1.807) is 34.5 Å². The van der Waals surface area contributed by atoms with Crippen molar-refractivity contribution in [2.45, 2.75) is 72.3 Å². The number of fused-ring (bicyclic) bond motifs is 3. The number of pyridine rings is 2. The third-order valence-electron chi connectivity index (χ3n) is 9.20. The number of halogens is 3. The second-order valence-electron chi connectivity index (χ2n) is 12.8. The molecule has 0 unspecified atom stereocenters. The van der Waals surface area contributed by atoms with Crippen molar-refractivity contribution in [1.29, 1.82) is 0 Å². The van der Waals surface area contributed by atoms with E-state index in [1.807, 2.05) is 26.1 Å². The van der Waals surface area contributed by atoms with Gasteiger partial charge in [-0.2, -0.15) is 18.3 Å². The maximum Gasteiger partial charge on any atom is 0.433 e. The van der Waals surface area contributed by atoms with Gasteiger partial charge in [0.25, 0.3) is 0 Å². The van der Waals surface area contributed by atoms with Gasteiger partial charge in [0.05, 0.1) is 24.0 Å². The van der Waals surface area contributed by atoms with Crippen molar-refractivity contribution in [1.82, 2.24) is 34.0 Å². The number of aryl methyl sites for hydroxylation is 3. The molecule has 6 heterocycles. The molecule has 1 aliphatic heterocycles. The molecule has 1 saturated carbocycles. The molecule has 14 heteroatoms. The lowest BCUT2D eigenvalue weighted by atomic mass is 10.0. The summed E-state index contributed by atoms with van der Waals surface area (Å²) >= 11 is 0. The molecular formula is C33H31F3N8O3. The van der Waals surface area contributed by atoms with Gasteiger partial charge in [-0.15, -0.1) is 0 Å². The molecule has 2 aliphatic rings. The van der Waals surface area contributed by atoms with Crippen LogP contribution in [0.25, 0.3) is 27.8 Å². The van der Waals surface area contributed by atoms with E-state index in [1.165, 1.54) is 18.7 Å². The molecular weight excluding hydrogens is 613 g/mol. The number of carbonyl (C=O) groups is 3. The number of carbonyl (C=O) groups excluding carboxylic acids is 3. The number of aromatic nitrogens is 6. The number of rotatable bonds is 6. The highest BCUT2D eigenvalue weighted by Crippen LogP contribution is 2.59. The van der Waals surface area contributed by atoms with Gasteiger partial charge in [0.15, 0.2) is 11.4 Å². The summed E-state index contributed by atoms with van der Waals surface area (Å²) in [5, 5.41) is 7.53. The number of likely N-dealkylation sites (tertiary alicyclic amines) is 1. The predicted molar refractivity (Wildman–Crippen MR) is 166 cm³/mol. The molecule has 2 amide bonds. The van der Waals surface area contributed by atoms with E-state index in [0.717, 1.165) is 11.8 Å². The lowest BCUT2D eigenvalue weighted by molar-refractivity contribution is -0.141. The Morgan fingerprint density at radius 3 is 2.62 bits per heavy atom. The third kappa shape index (κ3) is 5.21. The Bertz CT molecular complexity index is 2210. The normalized spacial score (nSPS) is 20.9. The fraction of sp³-hybridized carbons (Fsp3) is 0.364. The first-order valence-corrected chi connectivity index (χ1v) is 15.1. The smallest absolute Gasteiger partial charge is 0.336 e. The molecule has 0 bridgehead atoms. The van der Waals surface area contributed by atoms with Gasteiger partial charge in [-0.25, -0.2) is 14.5 Å². The number of hydrogen-bond acceptors (Lipinski definition) is 7. The van der Waals surface area contributed by atoms with Gasteiger partial charge in [-0.3, -0.25) is 19.4 Å². The predicted octanol–water partition coefficient (Wildman–Crippen LogP) is 5.31. The zero-order chi connectivity index (χ0) is 34.4. The molecule has 11 nitrogen and oxygen atoms in total. The molecule has 2 fully saturated rings. The van der Waals surface area contributed by atoms with Gasteiger partial charge in [0, 0.05) is 47.2 Å². The third-order valence-corrected chi connectivity index (χ3v) is 9.20. The first kappa shape index (κ1) is 29.3. The zero-order valence-electron chi connectivity index (χ0n) is 27.2. The zero-order valence-corrected chi connectivity index (χ0v) is 26.2. The quantitative estimate of drug-likeness (QED) is 0.248. The summed E-state index contributed by atoms with van der Waals surface area (Å²) in [5.74, 6) is -1.53. The number of nitrogens with one attached hydrogen (secondary N) is 1. The van der Waals surface area contributed by atoms with E-state index in [4.69, 9.17) is 6.35 Å². The summed E-state index contributed by atoms with van der Waals surface area (Å²) in [6.07, 6.45) is 1.27. The van der Waals surface area contributed by atoms with Gasteiger partial charge < -0.3 is 14.8 Å². The maximum atomic E-state index is 14.0. The van der Waals surface area contributed by atoms with Crippen molar-refractivity contribution in [3.8, 4) is 11.3 Å². The van der Waals surface area contributed by atoms with Gasteiger partial charge >= 0.3 is 6.18 Å².